The van der Waals surface area contributed by atoms with Gasteiger partial charge in [-0.25, -0.2) is 0 Å². The molecule has 0 aliphatic carbocycles. The summed E-state index contributed by atoms with van der Waals surface area (Å²) in [5.41, 5.74) is 0.997. The fourth-order valence-electron chi connectivity index (χ4n) is 2.93. The number of rotatable bonds is 10. The fourth-order valence-corrected chi connectivity index (χ4v) is 3.79. The highest BCUT2D eigenvalue weighted by Crippen LogP contribution is 2.37. The van der Waals surface area contributed by atoms with E-state index in [0.29, 0.717) is 38.6 Å². The average molecular weight is 528 g/mol. The lowest BCUT2D eigenvalue weighted by Crippen LogP contribution is -2.13. The highest BCUT2D eigenvalue weighted by Gasteiger charge is 2.15. The number of hydrogen-bond donors (Lipinski definition) is 2. The molecule has 10 nitrogen and oxygen atoms in total. The fraction of sp³-hybridized carbons (Fsp3) is 0.208. The molecule has 3 rings (SSSR count). The van der Waals surface area contributed by atoms with Crippen molar-refractivity contribution < 1.29 is 23.8 Å². The van der Waals surface area contributed by atoms with E-state index >= 15 is 0 Å². The van der Waals surface area contributed by atoms with Gasteiger partial charge in [0.05, 0.1) is 12.1 Å². The highest BCUT2D eigenvalue weighted by atomic mass is 35.5. The van der Waals surface area contributed by atoms with Crippen LogP contribution in [0.5, 0.6) is 17.2 Å². The molecule has 0 saturated carbocycles. The maximum atomic E-state index is 12.4. The molecule has 0 aliphatic heterocycles. The van der Waals surface area contributed by atoms with Crippen molar-refractivity contribution in [3.8, 4) is 23.3 Å². The summed E-state index contributed by atoms with van der Waals surface area (Å²) < 4.78 is 16.8. The van der Waals surface area contributed by atoms with Gasteiger partial charge in [0.15, 0.2) is 11.5 Å². The second-order valence-corrected chi connectivity index (χ2v) is 8.78. The van der Waals surface area contributed by atoms with Gasteiger partial charge in [0, 0.05) is 12.6 Å². The van der Waals surface area contributed by atoms with Crippen LogP contribution >= 0.6 is 22.9 Å². The largest absolute Gasteiger partial charge is 0.493 e. The zero-order valence-corrected chi connectivity index (χ0v) is 21.2. The molecule has 0 bridgehead atoms. The number of benzene rings is 2. The minimum absolute atomic E-state index is 0.146. The monoisotopic (exact) mass is 527 g/mol. The van der Waals surface area contributed by atoms with E-state index in [4.69, 9.17) is 25.8 Å². The number of aryl methyl sites for hydroxylation is 1. The molecule has 186 valence electrons. The first-order valence-corrected chi connectivity index (χ1v) is 11.7. The minimum atomic E-state index is -0.619. The first-order chi connectivity index (χ1) is 17.3. The van der Waals surface area contributed by atoms with E-state index in [1.807, 2.05) is 6.07 Å². The van der Waals surface area contributed by atoms with Crippen LogP contribution in [0.4, 0.5) is 10.8 Å². The molecule has 0 fully saturated rings. The molecule has 36 heavy (non-hydrogen) atoms. The zero-order chi connectivity index (χ0) is 26.1. The number of nitrogens with one attached hydrogen (secondary N) is 2. The number of nitrogens with zero attached hydrogens (tertiary/aromatic N) is 3. The van der Waals surface area contributed by atoms with E-state index in [2.05, 4.69) is 20.8 Å². The summed E-state index contributed by atoms with van der Waals surface area (Å²) in [5, 5.41) is 23.5. The number of methoxy groups -OCH3 is 1. The van der Waals surface area contributed by atoms with Crippen LogP contribution in [0.15, 0.2) is 42.0 Å². The molecule has 0 spiro atoms. The molecule has 0 atom stereocenters. The van der Waals surface area contributed by atoms with Crippen LogP contribution in [0.3, 0.4) is 0 Å². The third-order valence-corrected chi connectivity index (χ3v) is 5.48. The van der Waals surface area contributed by atoms with Gasteiger partial charge < -0.3 is 19.5 Å². The van der Waals surface area contributed by atoms with Crippen molar-refractivity contribution >= 4 is 51.6 Å². The van der Waals surface area contributed by atoms with Crippen molar-refractivity contribution in [2.75, 3.05) is 31.0 Å². The van der Waals surface area contributed by atoms with Gasteiger partial charge in [-0.2, -0.15) is 5.26 Å². The summed E-state index contributed by atoms with van der Waals surface area (Å²) in [6.45, 7) is 3.59. The number of carbonyl (C=O) groups excluding carboxylic acids is 2. The van der Waals surface area contributed by atoms with Gasteiger partial charge in [0.2, 0.25) is 11.0 Å². The van der Waals surface area contributed by atoms with Crippen molar-refractivity contribution in [3.05, 3.63) is 57.6 Å². The molecule has 0 unspecified atom stereocenters. The second kappa shape index (κ2) is 12.5. The Kier molecular flexibility index (Phi) is 9.21. The first kappa shape index (κ1) is 26.5. The number of aromatic nitrogens is 2. The van der Waals surface area contributed by atoms with E-state index in [-0.39, 0.29) is 29.7 Å². The number of anilines is 2. The minimum Gasteiger partial charge on any atom is -0.493 e. The summed E-state index contributed by atoms with van der Waals surface area (Å²) in [7, 11) is 1.45. The third kappa shape index (κ3) is 7.43. The number of halogens is 1. The summed E-state index contributed by atoms with van der Waals surface area (Å²) >= 11 is 7.59. The van der Waals surface area contributed by atoms with Gasteiger partial charge in [-0.15, -0.1) is 10.2 Å². The van der Waals surface area contributed by atoms with Crippen molar-refractivity contribution in [2.45, 2.75) is 13.8 Å². The summed E-state index contributed by atoms with van der Waals surface area (Å²) in [4.78, 5) is 23.5. The number of nitriles is 1. The topological polar surface area (TPSA) is 135 Å². The Balaban J connectivity index is 1.63. The lowest BCUT2D eigenvalue weighted by molar-refractivity contribution is -0.114. The van der Waals surface area contributed by atoms with Gasteiger partial charge in [-0.05, 0) is 55.0 Å². The molecular formula is C24H22ClN5O5S. The number of hydrogen-bond acceptors (Lipinski definition) is 9. The number of amides is 2. The zero-order valence-electron chi connectivity index (χ0n) is 19.6. The Morgan fingerprint density at radius 1 is 1.14 bits per heavy atom. The van der Waals surface area contributed by atoms with Crippen molar-refractivity contribution in [3.63, 3.8) is 0 Å². The predicted octanol–water partition coefficient (Wildman–Crippen LogP) is 4.47. The Morgan fingerprint density at radius 2 is 1.86 bits per heavy atom. The van der Waals surface area contributed by atoms with E-state index in [9.17, 15) is 14.9 Å². The van der Waals surface area contributed by atoms with Crippen LogP contribution in [0.25, 0.3) is 6.08 Å². The quantitative estimate of drug-likeness (QED) is 0.224. The molecule has 0 saturated heterocycles. The Labute approximate surface area is 216 Å². The van der Waals surface area contributed by atoms with Crippen LogP contribution < -0.4 is 24.8 Å². The summed E-state index contributed by atoms with van der Waals surface area (Å²) in [5.74, 6) is 0.461. The molecule has 2 aromatic carbocycles. The smallest absolute Gasteiger partial charge is 0.268 e. The van der Waals surface area contributed by atoms with E-state index in [1.54, 1.807) is 43.3 Å². The number of carbonyl (C=O) groups is 2. The number of ether oxygens (including phenoxy) is 3. The van der Waals surface area contributed by atoms with Crippen LogP contribution in [0, 0.1) is 18.3 Å². The molecule has 1 aromatic heterocycles. The Morgan fingerprint density at radius 3 is 2.47 bits per heavy atom. The SMILES string of the molecule is COc1cc(/C=C(/C#N)C(=O)Nc2nnc(C)s2)cc(Cl)c1OCCOc1ccc(NC(C)=O)cc1. The van der Waals surface area contributed by atoms with Gasteiger partial charge in [0.1, 0.15) is 35.6 Å². The molecule has 1 heterocycles. The van der Waals surface area contributed by atoms with Crippen molar-refractivity contribution in [2.24, 2.45) is 0 Å². The lowest BCUT2D eigenvalue weighted by atomic mass is 10.1. The molecular weight excluding hydrogens is 506 g/mol. The van der Waals surface area contributed by atoms with Gasteiger partial charge in [0.25, 0.3) is 5.91 Å². The van der Waals surface area contributed by atoms with Gasteiger partial charge >= 0.3 is 0 Å². The molecule has 12 heteroatoms. The maximum absolute atomic E-state index is 12.4. The molecule has 2 N–H and O–H groups in total. The van der Waals surface area contributed by atoms with Crippen LogP contribution in [0.2, 0.25) is 5.02 Å². The standard InChI is InChI=1S/C24H22ClN5O5S/c1-14(31)27-18-4-6-19(7-5-18)34-8-9-35-22-20(25)11-16(12-21(22)33-3)10-17(13-26)23(32)28-24-30-29-15(2)36-24/h4-7,10-12H,8-9H2,1-3H3,(H,27,31)(H,28,30,32)/b17-10-. The Hall–Kier alpha value is -4.14. The third-order valence-electron chi connectivity index (χ3n) is 4.45. The summed E-state index contributed by atoms with van der Waals surface area (Å²) in [6, 6.07) is 12.0. The van der Waals surface area contributed by atoms with E-state index in [1.165, 1.54) is 31.4 Å². The normalized spacial score (nSPS) is 10.8. The van der Waals surface area contributed by atoms with E-state index < -0.39 is 5.91 Å². The van der Waals surface area contributed by atoms with Crippen LogP contribution in [-0.4, -0.2) is 42.3 Å². The van der Waals surface area contributed by atoms with Gasteiger partial charge in [-0.1, -0.05) is 22.9 Å². The van der Waals surface area contributed by atoms with Crippen molar-refractivity contribution in [1.82, 2.24) is 10.2 Å². The van der Waals surface area contributed by atoms with Crippen molar-refractivity contribution in [1.29, 1.82) is 5.26 Å². The summed E-state index contributed by atoms with van der Waals surface area (Å²) in [6.07, 6.45) is 1.38. The van der Waals surface area contributed by atoms with Gasteiger partial charge in [-0.3, -0.25) is 14.9 Å². The Bertz CT molecular complexity index is 1320. The molecule has 2 amide bonds. The predicted molar refractivity (Wildman–Crippen MR) is 137 cm³/mol. The van der Waals surface area contributed by atoms with E-state index in [0.717, 1.165) is 0 Å². The lowest BCUT2D eigenvalue weighted by Gasteiger charge is -2.14. The molecule has 0 radical (unpaired) electrons. The maximum Gasteiger partial charge on any atom is 0.268 e. The van der Waals surface area contributed by atoms with Crippen LogP contribution in [0.1, 0.15) is 17.5 Å². The molecule has 0 aliphatic rings. The molecule has 3 aromatic rings. The second-order valence-electron chi connectivity index (χ2n) is 7.19. The van der Waals surface area contributed by atoms with Crippen LogP contribution in [-0.2, 0) is 9.59 Å². The highest BCUT2D eigenvalue weighted by molar-refractivity contribution is 7.15. The first-order valence-electron chi connectivity index (χ1n) is 10.5. The average Bonchev–Trinajstić information content (AvgIpc) is 3.25.